The summed E-state index contributed by atoms with van der Waals surface area (Å²) in [6.45, 7) is 6.60. The standard InChI is InChI=1S/C28H31FN6O3/c1-28(2,3)25(27(38)31-14-19-12-22(36)34(4)15-19)32-26(37)23-20-6-5-7-21(29)24(20)35(33-23)16-18-10-8-17(13-30)9-11-18/h5-11,19,25H,12,14-16H2,1-4H3,(H,31,38)(H,32,37). The summed E-state index contributed by atoms with van der Waals surface area (Å²) in [6.07, 6.45) is 0.373. The molecule has 1 aliphatic heterocycles. The molecule has 0 spiro atoms. The highest BCUT2D eigenvalue weighted by atomic mass is 19.1. The number of rotatable bonds is 7. The van der Waals surface area contributed by atoms with Crippen LogP contribution in [0.4, 0.5) is 4.39 Å². The number of hydrogen-bond donors (Lipinski definition) is 2. The number of para-hydroxylation sites is 1. The van der Waals surface area contributed by atoms with E-state index in [9.17, 15) is 18.8 Å². The number of amides is 3. The lowest BCUT2D eigenvalue weighted by Gasteiger charge is -2.30. The first-order valence-corrected chi connectivity index (χ1v) is 12.4. The molecule has 2 aromatic carbocycles. The van der Waals surface area contributed by atoms with Gasteiger partial charge in [-0.05, 0) is 29.2 Å². The Hall–Kier alpha value is -4.26. The Labute approximate surface area is 220 Å². The number of hydrogen-bond acceptors (Lipinski definition) is 5. The normalized spacial score (nSPS) is 16.4. The number of nitrogens with one attached hydrogen (secondary N) is 2. The molecule has 3 aromatic rings. The molecule has 4 rings (SSSR count). The predicted octanol–water partition coefficient (Wildman–Crippen LogP) is 2.83. The van der Waals surface area contributed by atoms with Crippen molar-refractivity contribution in [3.63, 3.8) is 0 Å². The van der Waals surface area contributed by atoms with E-state index < -0.39 is 23.2 Å². The molecule has 38 heavy (non-hydrogen) atoms. The van der Waals surface area contributed by atoms with Gasteiger partial charge in [-0.25, -0.2) is 4.39 Å². The van der Waals surface area contributed by atoms with Crippen LogP contribution in [0, 0.1) is 28.5 Å². The van der Waals surface area contributed by atoms with Crippen LogP contribution in [0.3, 0.4) is 0 Å². The van der Waals surface area contributed by atoms with Crippen molar-refractivity contribution < 1.29 is 18.8 Å². The fourth-order valence-electron chi connectivity index (χ4n) is 4.65. The molecule has 0 saturated carbocycles. The Balaban J connectivity index is 1.57. The van der Waals surface area contributed by atoms with E-state index in [0.717, 1.165) is 5.56 Å². The third-order valence-corrected chi connectivity index (χ3v) is 6.74. The van der Waals surface area contributed by atoms with Gasteiger partial charge in [-0.15, -0.1) is 0 Å². The first-order chi connectivity index (χ1) is 18.0. The van der Waals surface area contributed by atoms with Crippen LogP contribution >= 0.6 is 0 Å². The quantitative estimate of drug-likeness (QED) is 0.498. The zero-order chi connectivity index (χ0) is 27.6. The van der Waals surface area contributed by atoms with Gasteiger partial charge in [-0.3, -0.25) is 19.1 Å². The molecule has 0 aliphatic carbocycles. The van der Waals surface area contributed by atoms with Crippen molar-refractivity contribution in [2.24, 2.45) is 11.3 Å². The summed E-state index contributed by atoms with van der Waals surface area (Å²) in [6, 6.07) is 12.4. The number of benzene rings is 2. The van der Waals surface area contributed by atoms with E-state index in [0.29, 0.717) is 30.5 Å². The Morgan fingerprint density at radius 3 is 2.53 bits per heavy atom. The Morgan fingerprint density at radius 1 is 1.21 bits per heavy atom. The van der Waals surface area contributed by atoms with Gasteiger partial charge in [0.25, 0.3) is 5.91 Å². The molecule has 2 atom stereocenters. The monoisotopic (exact) mass is 518 g/mol. The van der Waals surface area contributed by atoms with E-state index in [1.165, 1.54) is 16.8 Å². The van der Waals surface area contributed by atoms with Crippen LogP contribution in [-0.2, 0) is 16.1 Å². The van der Waals surface area contributed by atoms with Crippen LogP contribution in [0.15, 0.2) is 42.5 Å². The Kier molecular flexibility index (Phi) is 7.49. The van der Waals surface area contributed by atoms with Crippen LogP contribution < -0.4 is 10.6 Å². The van der Waals surface area contributed by atoms with Crippen molar-refractivity contribution in [1.29, 1.82) is 5.26 Å². The number of carbonyl (C=O) groups is 3. The van der Waals surface area contributed by atoms with Crippen molar-refractivity contribution >= 4 is 28.6 Å². The van der Waals surface area contributed by atoms with Gasteiger partial charge < -0.3 is 15.5 Å². The van der Waals surface area contributed by atoms with Crippen molar-refractivity contribution in [1.82, 2.24) is 25.3 Å². The number of likely N-dealkylation sites (tertiary alicyclic amines) is 1. The van der Waals surface area contributed by atoms with E-state index in [2.05, 4.69) is 21.8 Å². The van der Waals surface area contributed by atoms with Gasteiger partial charge in [-0.2, -0.15) is 10.4 Å². The Morgan fingerprint density at radius 2 is 1.92 bits per heavy atom. The van der Waals surface area contributed by atoms with E-state index in [1.807, 2.05) is 20.8 Å². The molecular weight excluding hydrogens is 487 g/mol. The van der Waals surface area contributed by atoms with Crippen molar-refractivity contribution in [2.75, 3.05) is 20.1 Å². The van der Waals surface area contributed by atoms with Crippen LogP contribution in [0.2, 0.25) is 0 Å². The molecule has 10 heteroatoms. The van der Waals surface area contributed by atoms with Crippen LogP contribution in [0.25, 0.3) is 10.9 Å². The zero-order valence-electron chi connectivity index (χ0n) is 21.9. The Bertz CT molecular complexity index is 1420. The molecule has 0 bridgehead atoms. The molecule has 1 aromatic heterocycles. The smallest absolute Gasteiger partial charge is 0.273 e. The first-order valence-electron chi connectivity index (χ1n) is 12.4. The minimum absolute atomic E-state index is 0.0117. The van der Waals surface area contributed by atoms with Crippen molar-refractivity contribution in [3.8, 4) is 6.07 Å². The van der Waals surface area contributed by atoms with Crippen molar-refractivity contribution in [3.05, 3.63) is 65.1 Å². The molecule has 2 unspecified atom stereocenters. The van der Waals surface area contributed by atoms with Crippen LogP contribution in [-0.4, -0.2) is 58.6 Å². The average molecular weight is 519 g/mol. The summed E-state index contributed by atoms with van der Waals surface area (Å²) >= 11 is 0. The molecule has 1 fully saturated rings. The third kappa shape index (κ3) is 5.67. The summed E-state index contributed by atoms with van der Waals surface area (Å²) in [5.41, 5.74) is 0.843. The van der Waals surface area contributed by atoms with Crippen molar-refractivity contribution in [2.45, 2.75) is 39.8 Å². The summed E-state index contributed by atoms with van der Waals surface area (Å²) < 4.78 is 16.3. The second kappa shape index (κ2) is 10.6. The van der Waals surface area contributed by atoms with Crippen LogP contribution in [0.5, 0.6) is 0 Å². The maximum atomic E-state index is 14.9. The molecule has 1 saturated heterocycles. The SMILES string of the molecule is CN1CC(CNC(=O)C(NC(=O)c2nn(Cc3ccc(C#N)cc3)c3c(F)cccc23)C(C)(C)C)CC1=O. The highest BCUT2D eigenvalue weighted by Crippen LogP contribution is 2.25. The fourth-order valence-corrected chi connectivity index (χ4v) is 4.65. The fraction of sp³-hybridized carbons (Fsp3) is 0.393. The number of nitriles is 1. The average Bonchev–Trinajstić information content (AvgIpc) is 3.40. The molecule has 3 amide bonds. The maximum absolute atomic E-state index is 14.9. The summed E-state index contributed by atoms with van der Waals surface area (Å²) in [4.78, 5) is 40.1. The van der Waals surface area contributed by atoms with E-state index in [1.54, 1.807) is 42.3 Å². The lowest BCUT2D eigenvalue weighted by Crippen LogP contribution is -2.54. The molecule has 198 valence electrons. The molecule has 1 aliphatic rings. The second-order valence-electron chi connectivity index (χ2n) is 10.8. The van der Waals surface area contributed by atoms with Crippen LogP contribution in [0.1, 0.15) is 48.8 Å². The van der Waals surface area contributed by atoms with Gasteiger partial charge >= 0.3 is 0 Å². The van der Waals surface area contributed by atoms with Gasteiger partial charge in [0.15, 0.2) is 5.69 Å². The molecular formula is C28H31FN6O3. The lowest BCUT2D eigenvalue weighted by molar-refractivity contribution is -0.127. The third-order valence-electron chi connectivity index (χ3n) is 6.74. The van der Waals surface area contributed by atoms with Gasteiger partial charge in [0, 0.05) is 37.9 Å². The van der Waals surface area contributed by atoms with Gasteiger partial charge in [0.2, 0.25) is 11.8 Å². The second-order valence-corrected chi connectivity index (χ2v) is 10.8. The first kappa shape index (κ1) is 26.8. The van der Waals surface area contributed by atoms with E-state index in [-0.39, 0.29) is 35.5 Å². The number of aromatic nitrogens is 2. The van der Waals surface area contributed by atoms with Gasteiger partial charge in [0.05, 0.1) is 18.2 Å². The topological polar surface area (TPSA) is 120 Å². The number of halogens is 1. The summed E-state index contributed by atoms with van der Waals surface area (Å²) in [7, 11) is 1.73. The number of fused-ring (bicyclic) bond motifs is 1. The van der Waals surface area contributed by atoms with E-state index in [4.69, 9.17) is 5.26 Å². The van der Waals surface area contributed by atoms with Gasteiger partial charge in [-0.1, -0.05) is 45.0 Å². The summed E-state index contributed by atoms with van der Waals surface area (Å²) in [5.74, 6) is -1.42. The number of nitrogens with zero attached hydrogens (tertiary/aromatic N) is 4. The molecule has 9 nitrogen and oxygen atoms in total. The lowest BCUT2D eigenvalue weighted by atomic mass is 9.86. The largest absolute Gasteiger partial charge is 0.354 e. The highest BCUT2D eigenvalue weighted by molar-refractivity contribution is 6.06. The minimum atomic E-state index is -0.892. The predicted molar refractivity (Wildman–Crippen MR) is 139 cm³/mol. The zero-order valence-corrected chi connectivity index (χ0v) is 21.9. The molecule has 2 heterocycles. The molecule has 2 N–H and O–H groups in total. The van der Waals surface area contributed by atoms with E-state index >= 15 is 0 Å². The highest BCUT2D eigenvalue weighted by Gasteiger charge is 2.35. The summed E-state index contributed by atoms with van der Waals surface area (Å²) in [5, 5.41) is 19.5. The minimum Gasteiger partial charge on any atom is -0.354 e. The maximum Gasteiger partial charge on any atom is 0.273 e. The van der Waals surface area contributed by atoms with Gasteiger partial charge in [0.1, 0.15) is 17.4 Å². The number of carbonyl (C=O) groups excluding carboxylic acids is 3. The molecule has 0 radical (unpaired) electrons.